The number of amides is 1. The molecule has 0 unspecified atom stereocenters. The number of carbonyl (C=O) groups excluding carboxylic acids is 1. The molecule has 0 saturated heterocycles. The van der Waals surface area contributed by atoms with E-state index >= 15 is 0 Å². The van der Waals surface area contributed by atoms with Crippen molar-refractivity contribution in [2.45, 2.75) is 13.3 Å². The lowest BCUT2D eigenvalue weighted by atomic mass is 10.1. The summed E-state index contributed by atoms with van der Waals surface area (Å²) in [6.45, 7) is 2.62. The number of rotatable bonds is 6. The van der Waals surface area contributed by atoms with Crippen molar-refractivity contribution in [2.75, 3.05) is 17.2 Å². The van der Waals surface area contributed by atoms with Gasteiger partial charge in [-0.15, -0.1) is 0 Å². The minimum Gasteiger partial charge on any atom is -0.370 e. The number of aryl methyl sites for hydroxylation is 1. The summed E-state index contributed by atoms with van der Waals surface area (Å²) in [5.74, 6) is 0.313. The molecule has 2 aromatic carbocycles. The van der Waals surface area contributed by atoms with Crippen LogP contribution in [-0.2, 0) is 6.42 Å². The van der Waals surface area contributed by atoms with Crippen molar-refractivity contribution >= 4 is 29.0 Å². The number of halogens is 1. The van der Waals surface area contributed by atoms with Crippen molar-refractivity contribution in [3.05, 3.63) is 82.8 Å². The molecule has 0 fully saturated rings. The second-order valence-corrected chi connectivity index (χ2v) is 6.30. The molecule has 6 heteroatoms. The lowest BCUT2D eigenvalue weighted by molar-refractivity contribution is 0.102. The second kappa shape index (κ2) is 8.45. The van der Waals surface area contributed by atoms with E-state index in [4.69, 9.17) is 11.6 Å². The van der Waals surface area contributed by atoms with Gasteiger partial charge in [-0.2, -0.15) is 0 Å². The Morgan fingerprint density at radius 2 is 1.88 bits per heavy atom. The molecule has 0 aliphatic heterocycles. The minimum absolute atomic E-state index is 0.293. The maximum Gasteiger partial charge on any atom is 0.274 e. The number of benzene rings is 2. The first kappa shape index (κ1) is 17.9. The van der Waals surface area contributed by atoms with Crippen LogP contribution in [0.15, 0.2) is 60.9 Å². The highest BCUT2D eigenvalue weighted by Gasteiger charge is 2.11. The van der Waals surface area contributed by atoms with Crippen LogP contribution in [0.1, 0.15) is 21.6 Å². The summed E-state index contributed by atoms with van der Waals surface area (Å²) >= 11 is 5.99. The largest absolute Gasteiger partial charge is 0.370 e. The highest BCUT2D eigenvalue weighted by molar-refractivity contribution is 6.31. The number of aromatic nitrogens is 2. The lowest BCUT2D eigenvalue weighted by Crippen LogP contribution is -2.15. The third-order valence-corrected chi connectivity index (χ3v) is 4.15. The molecule has 1 amide bonds. The quantitative estimate of drug-likeness (QED) is 0.680. The zero-order valence-corrected chi connectivity index (χ0v) is 15.1. The van der Waals surface area contributed by atoms with Gasteiger partial charge in [0, 0.05) is 23.3 Å². The van der Waals surface area contributed by atoms with Crippen LogP contribution in [0.3, 0.4) is 0 Å². The Hall–Kier alpha value is -2.92. The summed E-state index contributed by atoms with van der Waals surface area (Å²) < 4.78 is 0. The van der Waals surface area contributed by atoms with Gasteiger partial charge in [-0.25, -0.2) is 9.97 Å². The molecule has 2 N–H and O–H groups in total. The van der Waals surface area contributed by atoms with E-state index in [0.29, 0.717) is 22.2 Å². The molecule has 1 heterocycles. The van der Waals surface area contributed by atoms with Gasteiger partial charge in [-0.05, 0) is 36.6 Å². The highest BCUT2D eigenvalue weighted by Crippen LogP contribution is 2.20. The van der Waals surface area contributed by atoms with Crippen molar-refractivity contribution in [2.24, 2.45) is 0 Å². The molecule has 0 aliphatic rings. The standard InChI is InChI=1S/C20H19ClN4O/c1-14-7-8-16(21)11-17(14)25-20(26)18-12-19(24-13-23-18)22-10-9-15-5-3-2-4-6-15/h2-8,11-13H,9-10H2,1H3,(H,25,26)(H,22,23,24). The van der Waals surface area contributed by atoms with Crippen molar-refractivity contribution in [1.29, 1.82) is 0 Å². The topological polar surface area (TPSA) is 66.9 Å². The van der Waals surface area contributed by atoms with E-state index in [1.165, 1.54) is 11.9 Å². The molecule has 5 nitrogen and oxygen atoms in total. The maximum atomic E-state index is 12.5. The van der Waals surface area contributed by atoms with Crippen LogP contribution in [0.4, 0.5) is 11.5 Å². The number of hydrogen-bond donors (Lipinski definition) is 2. The third-order valence-electron chi connectivity index (χ3n) is 3.91. The Morgan fingerprint density at radius 3 is 2.69 bits per heavy atom. The fourth-order valence-corrected chi connectivity index (χ4v) is 2.65. The van der Waals surface area contributed by atoms with Crippen molar-refractivity contribution in [3.8, 4) is 0 Å². The Bertz CT molecular complexity index is 899. The fourth-order valence-electron chi connectivity index (χ4n) is 2.47. The molecule has 0 radical (unpaired) electrons. The minimum atomic E-state index is -0.302. The molecular weight excluding hydrogens is 348 g/mol. The van der Waals surface area contributed by atoms with Gasteiger partial charge in [0.2, 0.25) is 0 Å². The fraction of sp³-hybridized carbons (Fsp3) is 0.150. The molecule has 3 aromatic rings. The van der Waals surface area contributed by atoms with Gasteiger partial charge < -0.3 is 10.6 Å². The predicted molar refractivity (Wildman–Crippen MR) is 105 cm³/mol. The van der Waals surface area contributed by atoms with Gasteiger partial charge in [0.15, 0.2) is 0 Å². The second-order valence-electron chi connectivity index (χ2n) is 5.86. The summed E-state index contributed by atoms with van der Waals surface area (Å²) in [5, 5.41) is 6.62. The first-order valence-electron chi connectivity index (χ1n) is 8.29. The molecular formula is C20H19ClN4O. The Balaban J connectivity index is 1.62. The highest BCUT2D eigenvalue weighted by atomic mass is 35.5. The Morgan fingerprint density at radius 1 is 1.08 bits per heavy atom. The normalized spacial score (nSPS) is 10.4. The predicted octanol–water partition coefficient (Wildman–Crippen LogP) is 4.35. The number of anilines is 2. The SMILES string of the molecule is Cc1ccc(Cl)cc1NC(=O)c1cc(NCCc2ccccc2)ncn1. The van der Waals surface area contributed by atoms with Crippen LogP contribution >= 0.6 is 11.6 Å². The lowest BCUT2D eigenvalue weighted by Gasteiger charge is -2.10. The molecule has 0 aliphatic carbocycles. The van der Waals surface area contributed by atoms with Crippen LogP contribution in [0.25, 0.3) is 0 Å². The molecule has 1 aromatic heterocycles. The summed E-state index contributed by atoms with van der Waals surface area (Å²) in [6.07, 6.45) is 2.25. The molecule has 0 spiro atoms. The summed E-state index contributed by atoms with van der Waals surface area (Å²) in [6, 6.07) is 17.2. The van der Waals surface area contributed by atoms with E-state index in [0.717, 1.165) is 18.5 Å². The monoisotopic (exact) mass is 366 g/mol. The molecule has 132 valence electrons. The van der Waals surface area contributed by atoms with Crippen LogP contribution in [-0.4, -0.2) is 22.4 Å². The van der Waals surface area contributed by atoms with Crippen LogP contribution in [0, 0.1) is 6.92 Å². The van der Waals surface area contributed by atoms with Gasteiger partial charge in [-0.1, -0.05) is 48.0 Å². The number of carbonyl (C=O) groups is 1. The van der Waals surface area contributed by atoms with E-state index in [2.05, 4.69) is 32.7 Å². The van der Waals surface area contributed by atoms with Crippen LogP contribution < -0.4 is 10.6 Å². The van der Waals surface area contributed by atoms with Gasteiger partial charge in [0.25, 0.3) is 5.91 Å². The molecule has 0 atom stereocenters. The van der Waals surface area contributed by atoms with Crippen LogP contribution in [0.2, 0.25) is 5.02 Å². The summed E-state index contributed by atoms with van der Waals surface area (Å²) in [7, 11) is 0. The van der Waals surface area contributed by atoms with Crippen molar-refractivity contribution in [3.63, 3.8) is 0 Å². The van der Waals surface area contributed by atoms with Gasteiger partial charge in [0.1, 0.15) is 17.8 Å². The Labute approximate surface area is 157 Å². The molecule has 0 bridgehead atoms. The number of nitrogens with one attached hydrogen (secondary N) is 2. The average Bonchev–Trinajstić information content (AvgIpc) is 2.66. The van der Waals surface area contributed by atoms with Gasteiger partial charge in [0.05, 0.1) is 0 Å². The number of hydrogen-bond acceptors (Lipinski definition) is 4. The molecule has 3 rings (SSSR count). The Kier molecular flexibility index (Phi) is 5.81. The van der Waals surface area contributed by atoms with E-state index in [1.54, 1.807) is 18.2 Å². The molecule has 26 heavy (non-hydrogen) atoms. The number of nitrogens with zero attached hydrogens (tertiary/aromatic N) is 2. The van der Waals surface area contributed by atoms with E-state index in [-0.39, 0.29) is 5.91 Å². The van der Waals surface area contributed by atoms with Gasteiger partial charge >= 0.3 is 0 Å². The van der Waals surface area contributed by atoms with Crippen molar-refractivity contribution in [1.82, 2.24) is 9.97 Å². The zero-order chi connectivity index (χ0) is 18.4. The summed E-state index contributed by atoms with van der Waals surface area (Å²) in [4.78, 5) is 20.7. The average molecular weight is 367 g/mol. The maximum absolute atomic E-state index is 12.5. The van der Waals surface area contributed by atoms with E-state index < -0.39 is 0 Å². The van der Waals surface area contributed by atoms with E-state index in [1.807, 2.05) is 31.2 Å². The van der Waals surface area contributed by atoms with Crippen molar-refractivity contribution < 1.29 is 4.79 Å². The first-order valence-corrected chi connectivity index (χ1v) is 8.67. The third kappa shape index (κ3) is 4.80. The summed E-state index contributed by atoms with van der Waals surface area (Å²) in [5.41, 5.74) is 3.13. The van der Waals surface area contributed by atoms with E-state index in [9.17, 15) is 4.79 Å². The first-order chi connectivity index (χ1) is 12.6. The molecule has 0 saturated carbocycles. The zero-order valence-electron chi connectivity index (χ0n) is 14.4. The van der Waals surface area contributed by atoms with Crippen LogP contribution in [0.5, 0.6) is 0 Å². The smallest absolute Gasteiger partial charge is 0.274 e. The van der Waals surface area contributed by atoms with Gasteiger partial charge in [-0.3, -0.25) is 4.79 Å².